The minimum absolute atomic E-state index is 0.304. The van der Waals surface area contributed by atoms with Crippen LogP contribution in [0.15, 0.2) is 47.3 Å². The highest BCUT2D eigenvalue weighted by Gasteiger charge is 2.07. The van der Waals surface area contributed by atoms with Crippen LogP contribution in [0.4, 0.5) is 4.39 Å². The van der Waals surface area contributed by atoms with Gasteiger partial charge in [0.2, 0.25) is 5.89 Å². The second kappa shape index (κ2) is 4.40. The number of hydrogen-bond acceptors (Lipinski definition) is 4. The molecule has 0 N–H and O–H groups in total. The zero-order valence-corrected chi connectivity index (χ0v) is 9.32. The van der Waals surface area contributed by atoms with Crippen LogP contribution in [0.5, 0.6) is 0 Å². The van der Waals surface area contributed by atoms with Crippen molar-refractivity contribution in [3.63, 3.8) is 0 Å². The molecule has 0 aliphatic rings. The molecule has 3 aromatic rings. The first kappa shape index (κ1) is 10.6. The molecule has 5 nitrogen and oxygen atoms in total. The number of halogens is 1. The Hall–Kier alpha value is -2.50. The first-order valence-corrected chi connectivity index (χ1v) is 5.36. The molecular weight excluding hydrogens is 235 g/mol. The first-order chi connectivity index (χ1) is 8.81. The normalized spacial score (nSPS) is 10.7. The monoisotopic (exact) mass is 244 g/mol. The molecule has 0 unspecified atom stereocenters. The predicted octanol–water partition coefficient (Wildman–Crippen LogP) is 2.12. The average Bonchev–Trinajstić information content (AvgIpc) is 3.01. The lowest BCUT2D eigenvalue weighted by atomic mass is 10.2. The Morgan fingerprint density at radius 3 is 3.06 bits per heavy atom. The molecule has 0 spiro atoms. The van der Waals surface area contributed by atoms with Crippen LogP contribution in [0, 0.1) is 5.82 Å². The van der Waals surface area contributed by atoms with E-state index >= 15 is 0 Å². The van der Waals surface area contributed by atoms with Gasteiger partial charge in [0.25, 0.3) is 0 Å². The third-order valence-electron chi connectivity index (χ3n) is 2.43. The molecule has 0 fully saturated rings. The molecule has 0 bridgehead atoms. The fourth-order valence-corrected chi connectivity index (χ4v) is 1.61. The Morgan fingerprint density at radius 1 is 1.33 bits per heavy atom. The lowest BCUT2D eigenvalue weighted by Gasteiger charge is -1.96. The highest BCUT2D eigenvalue weighted by Crippen LogP contribution is 2.21. The van der Waals surface area contributed by atoms with Crippen LogP contribution in [0.1, 0.15) is 5.89 Å². The number of aromatic nitrogens is 4. The highest BCUT2D eigenvalue weighted by atomic mass is 19.1. The van der Waals surface area contributed by atoms with Gasteiger partial charge in [-0.05, 0) is 12.1 Å². The van der Waals surface area contributed by atoms with Crippen molar-refractivity contribution in [1.82, 2.24) is 20.0 Å². The van der Waals surface area contributed by atoms with E-state index in [0.717, 1.165) is 0 Å². The Bertz CT molecular complexity index is 648. The molecule has 0 aliphatic carbocycles. The van der Waals surface area contributed by atoms with Gasteiger partial charge in [0.05, 0.1) is 12.4 Å². The van der Waals surface area contributed by atoms with Crippen LogP contribution in [0.2, 0.25) is 0 Å². The standard InChI is InChI=1S/C12H9FN4O/c13-10-3-1-2-9(6-10)11-7-14-12(18-11)8-17-5-4-15-16-17/h1-7H,8H2. The summed E-state index contributed by atoms with van der Waals surface area (Å²) in [6.45, 7) is 0.398. The van der Waals surface area contributed by atoms with E-state index in [1.165, 1.54) is 12.1 Å². The maximum Gasteiger partial charge on any atom is 0.216 e. The number of nitrogens with zero attached hydrogens (tertiary/aromatic N) is 4. The predicted molar refractivity (Wildman–Crippen MR) is 61.0 cm³/mol. The summed E-state index contributed by atoms with van der Waals surface area (Å²) in [5, 5.41) is 7.50. The Kier molecular flexibility index (Phi) is 2.60. The molecule has 2 heterocycles. The first-order valence-electron chi connectivity index (χ1n) is 5.36. The van der Waals surface area contributed by atoms with Crippen molar-refractivity contribution in [3.8, 4) is 11.3 Å². The summed E-state index contributed by atoms with van der Waals surface area (Å²) in [4.78, 5) is 4.12. The van der Waals surface area contributed by atoms with Crippen LogP contribution in [0.25, 0.3) is 11.3 Å². The Morgan fingerprint density at radius 2 is 2.28 bits per heavy atom. The van der Waals surface area contributed by atoms with Crippen molar-refractivity contribution >= 4 is 0 Å². The van der Waals surface area contributed by atoms with Crippen molar-refractivity contribution in [3.05, 3.63) is 54.6 Å². The topological polar surface area (TPSA) is 56.7 Å². The summed E-state index contributed by atoms with van der Waals surface area (Å²) < 4.78 is 20.2. The summed E-state index contributed by atoms with van der Waals surface area (Å²) in [6, 6.07) is 6.18. The Balaban J connectivity index is 1.85. The number of benzene rings is 1. The van der Waals surface area contributed by atoms with E-state index in [4.69, 9.17) is 4.42 Å². The van der Waals surface area contributed by atoms with Gasteiger partial charge in [0, 0.05) is 11.8 Å². The van der Waals surface area contributed by atoms with Crippen molar-refractivity contribution in [2.45, 2.75) is 6.54 Å². The SMILES string of the molecule is Fc1cccc(-c2cnc(Cn3ccnn3)o2)c1. The molecule has 0 saturated heterocycles. The number of rotatable bonds is 3. The maximum atomic E-state index is 13.1. The summed E-state index contributed by atoms with van der Waals surface area (Å²) in [5.74, 6) is 0.728. The molecule has 0 saturated carbocycles. The van der Waals surface area contributed by atoms with E-state index in [9.17, 15) is 4.39 Å². The molecule has 6 heteroatoms. The van der Waals surface area contributed by atoms with Crippen molar-refractivity contribution in [1.29, 1.82) is 0 Å². The number of oxazole rings is 1. The quantitative estimate of drug-likeness (QED) is 0.708. The van der Waals surface area contributed by atoms with E-state index in [-0.39, 0.29) is 5.82 Å². The van der Waals surface area contributed by atoms with Gasteiger partial charge in [-0.3, -0.25) is 0 Å². The third kappa shape index (κ3) is 2.13. The number of hydrogen-bond donors (Lipinski definition) is 0. The van der Waals surface area contributed by atoms with E-state index < -0.39 is 0 Å². The zero-order valence-electron chi connectivity index (χ0n) is 9.32. The fraction of sp³-hybridized carbons (Fsp3) is 0.0833. The van der Waals surface area contributed by atoms with Crippen LogP contribution >= 0.6 is 0 Å². The maximum absolute atomic E-state index is 13.1. The highest BCUT2D eigenvalue weighted by molar-refractivity contribution is 5.56. The molecule has 18 heavy (non-hydrogen) atoms. The smallest absolute Gasteiger partial charge is 0.216 e. The Labute approximate surface area is 102 Å². The summed E-state index contributed by atoms with van der Waals surface area (Å²) in [7, 11) is 0. The minimum atomic E-state index is -0.304. The zero-order chi connectivity index (χ0) is 12.4. The van der Waals surface area contributed by atoms with E-state index in [1.807, 2.05) is 0 Å². The van der Waals surface area contributed by atoms with Crippen molar-refractivity contribution in [2.24, 2.45) is 0 Å². The average molecular weight is 244 g/mol. The van der Waals surface area contributed by atoms with Gasteiger partial charge in [-0.15, -0.1) is 5.10 Å². The molecule has 0 aliphatic heterocycles. The molecule has 90 valence electrons. The van der Waals surface area contributed by atoms with Crippen molar-refractivity contribution < 1.29 is 8.81 Å². The molecule has 0 amide bonds. The lowest BCUT2D eigenvalue weighted by molar-refractivity contribution is 0.469. The van der Waals surface area contributed by atoms with Gasteiger partial charge < -0.3 is 4.42 Å². The molecule has 1 aromatic carbocycles. The van der Waals surface area contributed by atoms with E-state index in [0.29, 0.717) is 23.8 Å². The minimum Gasteiger partial charge on any atom is -0.439 e. The van der Waals surface area contributed by atoms with Crippen LogP contribution < -0.4 is 0 Å². The molecule has 0 radical (unpaired) electrons. The van der Waals surface area contributed by atoms with Gasteiger partial charge in [0.1, 0.15) is 12.4 Å². The molecule has 0 atom stereocenters. The second-order valence-electron chi connectivity index (χ2n) is 3.73. The summed E-state index contributed by atoms with van der Waals surface area (Å²) >= 11 is 0. The van der Waals surface area contributed by atoms with Crippen LogP contribution in [-0.2, 0) is 6.54 Å². The lowest BCUT2D eigenvalue weighted by Crippen LogP contribution is -2.00. The van der Waals surface area contributed by atoms with Crippen LogP contribution in [-0.4, -0.2) is 20.0 Å². The van der Waals surface area contributed by atoms with E-state index in [2.05, 4.69) is 15.3 Å². The van der Waals surface area contributed by atoms with Gasteiger partial charge in [0.15, 0.2) is 5.76 Å². The fourth-order valence-electron chi connectivity index (χ4n) is 1.61. The largest absolute Gasteiger partial charge is 0.439 e. The van der Waals surface area contributed by atoms with Gasteiger partial charge in [-0.2, -0.15) is 0 Å². The molecular formula is C12H9FN4O. The van der Waals surface area contributed by atoms with Gasteiger partial charge in [-0.1, -0.05) is 17.3 Å². The summed E-state index contributed by atoms with van der Waals surface area (Å²) in [6.07, 6.45) is 4.86. The second-order valence-corrected chi connectivity index (χ2v) is 3.73. The van der Waals surface area contributed by atoms with Gasteiger partial charge >= 0.3 is 0 Å². The van der Waals surface area contributed by atoms with Crippen LogP contribution in [0.3, 0.4) is 0 Å². The van der Waals surface area contributed by atoms with E-state index in [1.54, 1.807) is 35.4 Å². The summed E-state index contributed by atoms with van der Waals surface area (Å²) in [5.41, 5.74) is 0.660. The third-order valence-corrected chi connectivity index (χ3v) is 2.43. The van der Waals surface area contributed by atoms with Crippen molar-refractivity contribution in [2.75, 3.05) is 0 Å². The molecule has 2 aromatic heterocycles. The molecule has 3 rings (SSSR count). The van der Waals surface area contributed by atoms with Gasteiger partial charge in [-0.25, -0.2) is 14.1 Å².